The van der Waals surface area contributed by atoms with Gasteiger partial charge < -0.3 is 10.1 Å². The average molecular weight is 257 g/mol. The van der Waals surface area contributed by atoms with E-state index in [0.717, 1.165) is 30.1 Å². The first-order valence-corrected chi connectivity index (χ1v) is 6.27. The zero-order chi connectivity index (χ0) is 13.4. The van der Waals surface area contributed by atoms with Crippen LogP contribution >= 0.6 is 0 Å². The van der Waals surface area contributed by atoms with Crippen LogP contribution in [0, 0.1) is 0 Å². The zero-order valence-corrected chi connectivity index (χ0v) is 10.9. The number of aryl methyl sites for hydroxylation is 2. The number of anilines is 1. The van der Waals surface area contributed by atoms with Gasteiger partial charge in [0.15, 0.2) is 11.5 Å². The van der Waals surface area contributed by atoms with Gasteiger partial charge in [-0.1, -0.05) is 13.8 Å². The van der Waals surface area contributed by atoms with E-state index in [0.29, 0.717) is 11.6 Å². The molecule has 0 amide bonds. The highest BCUT2D eigenvalue weighted by Gasteiger charge is 2.15. The van der Waals surface area contributed by atoms with Crippen molar-refractivity contribution in [3.8, 4) is 5.82 Å². The minimum Gasteiger partial charge on any atom is -0.382 e. The van der Waals surface area contributed by atoms with E-state index in [9.17, 15) is 0 Å². The molecule has 0 saturated carbocycles. The molecule has 3 heterocycles. The van der Waals surface area contributed by atoms with E-state index in [1.807, 2.05) is 24.4 Å². The molecule has 0 radical (unpaired) electrons. The van der Waals surface area contributed by atoms with Crippen molar-refractivity contribution in [2.75, 3.05) is 5.73 Å². The molecule has 0 spiro atoms. The molecule has 3 rings (SSSR count). The van der Waals surface area contributed by atoms with Crippen LogP contribution in [0.3, 0.4) is 0 Å². The van der Waals surface area contributed by atoms with Crippen molar-refractivity contribution >= 4 is 11.5 Å². The fourth-order valence-corrected chi connectivity index (χ4v) is 2.02. The summed E-state index contributed by atoms with van der Waals surface area (Å²) < 4.78 is 3.57. The fourth-order valence-electron chi connectivity index (χ4n) is 2.02. The summed E-state index contributed by atoms with van der Waals surface area (Å²) in [6, 6.07) is 0. The normalized spacial score (nSPS) is 11.3. The van der Waals surface area contributed by atoms with Crippen LogP contribution in [0.1, 0.15) is 25.5 Å². The maximum absolute atomic E-state index is 5.83. The topological polar surface area (TPSA) is 86.9 Å². The molecule has 0 fully saturated rings. The molecule has 98 valence electrons. The zero-order valence-electron chi connectivity index (χ0n) is 10.9. The Bertz CT molecular complexity index is 725. The van der Waals surface area contributed by atoms with Crippen LogP contribution in [0.2, 0.25) is 0 Å². The number of fused-ring (bicyclic) bond motifs is 1. The number of nitrogens with two attached hydrogens (primary N) is 1. The Morgan fingerprint density at radius 1 is 1.21 bits per heavy atom. The van der Waals surface area contributed by atoms with Crippen LogP contribution in [0.4, 0.5) is 5.82 Å². The molecule has 0 aliphatic rings. The number of aromatic nitrogens is 6. The van der Waals surface area contributed by atoms with Gasteiger partial charge in [-0.05, 0) is 0 Å². The molecule has 0 bridgehead atoms. The van der Waals surface area contributed by atoms with Crippen molar-refractivity contribution < 1.29 is 0 Å². The average Bonchev–Trinajstić information content (AvgIpc) is 3.03. The first-order valence-electron chi connectivity index (χ1n) is 6.27. The van der Waals surface area contributed by atoms with E-state index in [2.05, 4.69) is 20.1 Å². The third kappa shape index (κ3) is 1.83. The van der Waals surface area contributed by atoms with Crippen LogP contribution in [-0.2, 0) is 12.8 Å². The lowest BCUT2D eigenvalue weighted by atomic mass is 10.4. The van der Waals surface area contributed by atoms with Crippen LogP contribution < -0.4 is 5.73 Å². The maximum atomic E-state index is 5.83. The van der Waals surface area contributed by atoms with Crippen LogP contribution in [0.25, 0.3) is 11.5 Å². The Hall–Kier alpha value is -2.44. The Morgan fingerprint density at radius 2 is 2.05 bits per heavy atom. The number of nitrogens with zero attached hydrogens (tertiary/aromatic N) is 6. The molecule has 0 aliphatic carbocycles. The third-order valence-corrected chi connectivity index (χ3v) is 2.93. The van der Waals surface area contributed by atoms with Crippen molar-refractivity contribution in [2.45, 2.75) is 26.7 Å². The van der Waals surface area contributed by atoms with Gasteiger partial charge in [0.25, 0.3) is 0 Å². The third-order valence-electron chi connectivity index (χ3n) is 2.93. The lowest BCUT2D eigenvalue weighted by Gasteiger charge is -2.06. The first kappa shape index (κ1) is 11.6. The maximum Gasteiger partial charge on any atom is 0.201 e. The summed E-state index contributed by atoms with van der Waals surface area (Å²) in [6.45, 7) is 4.06. The molecule has 0 aliphatic heterocycles. The summed E-state index contributed by atoms with van der Waals surface area (Å²) in [5, 5.41) is 4.47. The number of nitrogen functional groups attached to an aromatic ring is 1. The van der Waals surface area contributed by atoms with Crippen LogP contribution in [0.15, 0.2) is 18.6 Å². The first-order chi connectivity index (χ1) is 9.22. The minimum atomic E-state index is 0.427. The summed E-state index contributed by atoms with van der Waals surface area (Å²) in [6.07, 6.45) is 6.84. The molecule has 0 unspecified atom stereocenters. The van der Waals surface area contributed by atoms with Gasteiger partial charge in [0.05, 0.1) is 6.20 Å². The Kier molecular flexibility index (Phi) is 2.66. The quantitative estimate of drug-likeness (QED) is 0.756. The van der Waals surface area contributed by atoms with E-state index < -0.39 is 0 Å². The molecule has 7 heteroatoms. The van der Waals surface area contributed by atoms with Gasteiger partial charge in [-0.3, -0.25) is 0 Å². The van der Waals surface area contributed by atoms with E-state index in [1.54, 1.807) is 17.1 Å². The fraction of sp³-hybridized carbons (Fsp3) is 0.333. The number of hydrogen-bond acceptors (Lipinski definition) is 5. The van der Waals surface area contributed by atoms with Gasteiger partial charge in [-0.15, -0.1) is 5.10 Å². The van der Waals surface area contributed by atoms with Gasteiger partial charge in [-0.2, -0.15) is 4.68 Å². The predicted octanol–water partition coefficient (Wildman–Crippen LogP) is 1.02. The lowest BCUT2D eigenvalue weighted by Crippen LogP contribution is -2.09. The lowest BCUT2D eigenvalue weighted by molar-refractivity contribution is 0.769. The van der Waals surface area contributed by atoms with Gasteiger partial charge in [0.1, 0.15) is 11.6 Å². The molecule has 0 atom stereocenters. The van der Waals surface area contributed by atoms with E-state index in [-0.39, 0.29) is 0 Å². The summed E-state index contributed by atoms with van der Waals surface area (Å²) in [5.41, 5.74) is 6.55. The Balaban J connectivity index is 2.28. The van der Waals surface area contributed by atoms with Crippen molar-refractivity contribution in [3.05, 3.63) is 30.2 Å². The summed E-state index contributed by atoms with van der Waals surface area (Å²) in [5.74, 6) is 2.70. The van der Waals surface area contributed by atoms with Crippen molar-refractivity contribution in [2.24, 2.45) is 0 Å². The highest BCUT2D eigenvalue weighted by molar-refractivity contribution is 5.57. The number of imidazole rings is 1. The SMILES string of the molecule is CCc1nc(CC)n(-c2nc(N)cn3ccnc23)n1. The minimum absolute atomic E-state index is 0.427. The van der Waals surface area contributed by atoms with Crippen LogP contribution in [-0.4, -0.2) is 29.1 Å². The molecular weight excluding hydrogens is 242 g/mol. The standard InChI is InChI=1S/C12H15N7/c1-3-9-16-10(4-2)19(17-9)12-11-14-5-6-18(11)7-8(13)15-12/h5-7H,3-4,13H2,1-2H3. The molecule has 0 aromatic carbocycles. The second-order valence-corrected chi connectivity index (χ2v) is 4.21. The Labute approximate surface area is 110 Å². The van der Waals surface area contributed by atoms with E-state index in [1.165, 1.54) is 0 Å². The molecule has 19 heavy (non-hydrogen) atoms. The molecule has 3 aromatic rings. The van der Waals surface area contributed by atoms with Gasteiger partial charge in [0, 0.05) is 25.2 Å². The monoisotopic (exact) mass is 257 g/mol. The highest BCUT2D eigenvalue weighted by Crippen LogP contribution is 2.16. The molecule has 2 N–H and O–H groups in total. The van der Waals surface area contributed by atoms with Gasteiger partial charge in [-0.25, -0.2) is 15.0 Å². The summed E-state index contributed by atoms with van der Waals surface area (Å²) in [7, 11) is 0. The van der Waals surface area contributed by atoms with Gasteiger partial charge >= 0.3 is 0 Å². The van der Waals surface area contributed by atoms with Crippen molar-refractivity contribution in [1.29, 1.82) is 0 Å². The van der Waals surface area contributed by atoms with Crippen molar-refractivity contribution in [1.82, 2.24) is 29.1 Å². The largest absolute Gasteiger partial charge is 0.382 e. The molecule has 0 saturated heterocycles. The number of rotatable bonds is 3. The van der Waals surface area contributed by atoms with E-state index in [4.69, 9.17) is 5.73 Å². The molecule has 3 aromatic heterocycles. The highest BCUT2D eigenvalue weighted by atomic mass is 15.4. The number of hydrogen-bond donors (Lipinski definition) is 1. The van der Waals surface area contributed by atoms with Crippen molar-refractivity contribution in [3.63, 3.8) is 0 Å². The summed E-state index contributed by atoms with van der Waals surface area (Å²) >= 11 is 0. The second-order valence-electron chi connectivity index (χ2n) is 4.21. The molecule has 7 nitrogen and oxygen atoms in total. The molecular formula is C12H15N7. The predicted molar refractivity (Wildman–Crippen MR) is 71.1 cm³/mol. The van der Waals surface area contributed by atoms with E-state index >= 15 is 0 Å². The summed E-state index contributed by atoms with van der Waals surface area (Å²) in [4.78, 5) is 13.1. The Morgan fingerprint density at radius 3 is 2.79 bits per heavy atom. The van der Waals surface area contributed by atoms with Crippen LogP contribution in [0.5, 0.6) is 0 Å². The second kappa shape index (κ2) is 4.34. The van der Waals surface area contributed by atoms with Gasteiger partial charge in [0.2, 0.25) is 5.82 Å². The smallest absolute Gasteiger partial charge is 0.201 e.